The Morgan fingerprint density at radius 3 is 2.33 bits per heavy atom. The predicted octanol–water partition coefficient (Wildman–Crippen LogP) is 4.62. The number of piperazine rings is 1. The highest BCUT2D eigenvalue weighted by Gasteiger charge is 2.32. The van der Waals surface area contributed by atoms with Crippen LogP contribution in [0.1, 0.15) is 39.2 Å². The van der Waals surface area contributed by atoms with Gasteiger partial charge in [0.1, 0.15) is 5.84 Å². The number of piperidine rings is 1. The first-order valence-corrected chi connectivity index (χ1v) is 13.2. The zero-order valence-electron chi connectivity index (χ0n) is 22.1. The first-order valence-electron chi connectivity index (χ1n) is 12.4. The number of carbonyl (C=O) groups excluding carboxylic acids is 1. The summed E-state index contributed by atoms with van der Waals surface area (Å²) in [4.78, 5) is 23.6. The standard InChI is InChI=1S/C20H34ClN5O.C7H6ClN/c1-6-18(21)19(23-13-15(2)20(27)22-4)25-11-12-26(16(3)14-25)17-7-9-24(5)10-8-17;8-7-3-1-6(5-9)2-4-7/h6,13,16-17H,7-12,14H2,1-5H3,(H,22,27);1-5,9H/b15-13+,18-6+,23-19+;. The van der Waals surface area contributed by atoms with Crippen LogP contribution in [0.4, 0.5) is 0 Å². The van der Waals surface area contributed by atoms with E-state index in [1.165, 1.54) is 32.1 Å². The van der Waals surface area contributed by atoms with Gasteiger partial charge >= 0.3 is 0 Å². The second-order valence-electron chi connectivity index (χ2n) is 9.24. The molecule has 1 aromatic carbocycles. The number of nitrogens with one attached hydrogen (secondary N) is 2. The number of aliphatic imine (C=N–C) groups is 1. The molecule has 0 radical (unpaired) electrons. The summed E-state index contributed by atoms with van der Waals surface area (Å²) in [5, 5.41) is 10.8. The van der Waals surface area contributed by atoms with Crippen molar-refractivity contribution in [2.24, 2.45) is 4.99 Å². The molecule has 2 aliphatic heterocycles. The van der Waals surface area contributed by atoms with Crippen LogP contribution in [0.2, 0.25) is 5.02 Å². The fraction of sp³-hybridized carbons (Fsp3) is 0.519. The zero-order chi connectivity index (χ0) is 26.7. The number of allylic oxidation sites excluding steroid dienone is 1. The van der Waals surface area contributed by atoms with Crippen LogP contribution < -0.4 is 5.32 Å². The Balaban J connectivity index is 0.000000425. The van der Waals surface area contributed by atoms with Gasteiger partial charge in [0.2, 0.25) is 5.91 Å². The Morgan fingerprint density at radius 1 is 1.17 bits per heavy atom. The third-order valence-corrected chi connectivity index (χ3v) is 7.24. The number of rotatable bonds is 5. The molecule has 198 valence electrons. The second-order valence-corrected chi connectivity index (χ2v) is 10.1. The minimum absolute atomic E-state index is 0.129. The molecule has 0 aliphatic carbocycles. The van der Waals surface area contributed by atoms with Gasteiger partial charge in [0, 0.05) is 61.8 Å². The quantitative estimate of drug-likeness (QED) is 0.328. The molecule has 1 amide bonds. The van der Waals surface area contributed by atoms with E-state index < -0.39 is 0 Å². The maximum absolute atomic E-state index is 11.7. The number of benzene rings is 1. The summed E-state index contributed by atoms with van der Waals surface area (Å²) in [6.45, 7) is 11.1. The van der Waals surface area contributed by atoms with Crippen molar-refractivity contribution in [3.8, 4) is 0 Å². The maximum atomic E-state index is 11.7. The van der Waals surface area contributed by atoms with Crippen molar-refractivity contribution in [3.63, 3.8) is 0 Å². The second kappa shape index (κ2) is 15.2. The van der Waals surface area contributed by atoms with Gasteiger partial charge in [0.25, 0.3) is 0 Å². The highest BCUT2D eigenvalue weighted by atomic mass is 35.5. The predicted molar refractivity (Wildman–Crippen MR) is 152 cm³/mol. The molecule has 0 bridgehead atoms. The molecule has 1 aromatic rings. The minimum Gasteiger partial charge on any atom is -0.355 e. The first-order chi connectivity index (χ1) is 17.2. The van der Waals surface area contributed by atoms with E-state index >= 15 is 0 Å². The molecule has 36 heavy (non-hydrogen) atoms. The smallest absolute Gasteiger partial charge is 0.248 e. The Kier molecular flexibility index (Phi) is 12.6. The van der Waals surface area contributed by atoms with Gasteiger partial charge in [0.15, 0.2) is 0 Å². The number of amides is 1. The van der Waals surface area contributed by atoms with Gasteiger partial charge in [-0.3, -0.25) is 9.69 Å². The summed E-state index contributed by atoms with van der Waals surface area (Å²) >= 11 is 12.0. The van der Waals surface area contributed by atoms with E-state index in [1.54, 1.807) is 44.4 Å². The van der Waals surface area contributed by atoms with E-state index in [2.05, 4.69) is 39.0 Å². The topological polar surface area (TPSA) is 75.0 Å². The highest BCUT2D eigenvalue weighted by Crippen LogP contribution is 2.23. The molecule has 2 heterocycles. The van der Waals surface area contributed by atoms with Crippen molar-refractivity contribution < 1.29 is 4.79 Å². The molecule has 2 fully saturated rings. The Bertz CT molecular complexity index is 952. The van der Waals surface area contributed by atoms with E-state index in [1.807, 2.05) is 13.0 Å². The Morgan fingerprint density at radius 2 is 1.81 bits per heavy atom. The van der Waals surface area contributed by atoms with Gasteiger partial charge in [-0.2, -0.15) is 0 Å². The normalized spacial score (nSPS) is 21.0. The number of halogens is 2. The molecule has 1 unspecified atom stereocenters. The average Bonchev–Trinajstić information content (AvgIpc) is 2.89. The number of likely N-dealkylation sites (N-methyl/N-ethyl adjacent to an activating group) is 1. The van der Waals surface area contributed by atoms with Gasteiger partial charge in [0.05, 0.1) is 5.03 Å². The number of hydrogen-bond donors (Lipinski definition) is 2. The number of hydrogen-bond acceptors (Lipinski definition) is 5. The summed E-state index contributed by atoms with van der Waals surface area (Å²) in [5.41, 5.74) is 1.44. The van der Waals surface area contributed by atoms with Crippen LogP contribution in [0.15, 0.2) is 52.1 Å². The molecule has 0 saturated carbocycles. The largest absolute Gasteiger partial charge is 0.355 e. The number of amidine groups is 1. The zero-order valence-corrected chi connectivity index (χ0v) is 23.6. The van der Waals surface area contributed by atoms with Crippen molar-refractivity contribution in [1.82, 2.24) is 20.0 Å². The van der Waals surface area contributed by atoms with Gasteiger partial charge in [-0.15, -0.1) is 0 Å². The van der Waals surface area contributed by atoms with Crippen LogP contribution >= 0.6 is 23.2 Å². The van der Waals surface area contributed by atoms with Gasteiger partial charge in [-0.25, -0.2) is 4.99 Å². The molecular weight excluding hydrogens is 495 g/mol. The van der Waals surface area contributed by atoms with Crippen molar-refractivity contribution in [2.45, 2.75) is 45.7 Å². The van der Waals surface area contributed by atoms with E-state index in [-0.39, 0.29) is 5.91 Å². The van der Waals surface area contributed by atoms with Crippen LogP contribution in [0.3, 0.4) is 0 Å². The van der Waals surface area contributed by atoms with E-state index in [4.69, 9.17) is 28.6 Å². The lowest BCUT2D eigenvalue weighted by atomic mass is 10.00. The number of likely N-dealkylation sites (tertiary alicyclic amines) is 1. The maximum Gasteiger partial charge on any atom is 0.248 e. The molecule has 2 aliphatic rings. The summed E-state index contributed by atoms with van der Waals surface area (Å²) in [5.74, 6) is 0.618. The monoisotopic (exact) mass is 534 g/mol. The van der Waals surface area contributed by atoms with E-state index in [0.29, 0.717) is 27.7 Å². The molecule has 2 N–H and O–H groups in total. The number of nitrogens with zero attached hydrogens (tertiary/aromatic N) is 4. The van der Waals surface area contributed by atoms with Gasteiger partial charge in [-0.1, -0.05) is 41.4 Å². The molecule has 0 aromatic heterocycles. The van der Waals surface area contributed by atoms with Gasteiger partial charge < -0.3 is 20.5 Å². The summed E-state index contributed by atoms with van der Waals surface area (Å²) in [7, 11) is 3.82. The van der Waals surface area contributed by atoms with E-state index in [9.17, 15) is 4.79 Å². The third kappa shape index (κ3) is 9.04. The summed E-state index contributed by atoms with van der Waals surface area (Å²) in [6.07, 6.45) is 7.23. The molecule has 9 heteroatoms. The molecule has 7 nitrogen and oxygen atoms in total. The fourth-order valence-corrected chi connectivity index (χ4v) is 4.72. The minimum atomic E-state index is -0.129. The molecule has 2 saturated heterocycles. The van der Waals surface area contributed by atoms with Crippen LogP contribution in [0.5, 0.6) is 0 Å². The molecule has 1 atom stereocenters. The Hall–Kier alpha value is -2.19. The van der Waals surface area contributed by atoms with Crippen LogP contribution in [-0.2, 0) is 4.79 Å². The first kappa shape index (κ1) is 30.0. The molecule has 0 spiro atoms. The van der Waals surface area contributed by atoms with Crippen LogP contribution in [0, 0.1) is 5.41 Å². The van der Waals surface area contributed by atoms with Crippen molar-refractivity contribution in [3.05, 3.63) is 57.7 Å². The van der Waals surface area contributed by atoms with Gasteiger partial charge in [-0.05, 0) is 71.4 Å². The number of carbonyl (C=O) groups is 1. The van der Waals surface area contributed by atoms with Crippen molar-refractivity contribution in [1.29, 1.82) is 5.41 Å². The summed E-state index contributed by atoms with van der Waals surface area (Å²) in [6, 6.07) is 8.25. The summed E-state index contributed by atoms with van der Waals surface area (Å²) < 4.78 is 0. The SMILES string of the molecule is C\C=C(Cl)/C(=N\C=C(/C)C(=O)NC)N1CCN(C2CCN(C)CC2)C(C)C1.N=Cc1ccc(Cl)cc1. The lowest BCUT2D eigenvalue weighted by Gasteiger charge is -2.46. The third-order valence-electron chi connectivity index (χ3n) is 6.60. The van der Waals surface area contributed by atoms with Crippen LogP contribution in [0.25, 0.3) is 0 Å². The average molecular weight is 536 g/mol. The Labute approximate surface area is 226 Å². The van der Waals surface area contributed by atoms with Crippen LogP contribution in [-0.4, -0.2) is 91.6 Å². The fourth-order valence-electron chi connectivity index (χ4n) is 4.43. The van der Waals surface area contributed by atoms with Crippen molar-refractivity contribution >= 4 is 41.2 Å². The van der Waals surface area contributed by atoms with E-state index in [0.717, 1.165) is 31.0 Å². The van der Waals surface area contributed by atoms with Crippen molar-refractivity contribution in [2.75, 3.05) is 46.8 Å². The lowest BCUT2D eigenvalue weighted by molar-refractivity contribution is -0.117. The highest BCUT2D eigenvalue weighted by molar-refractivity contribution is 6.43. The molecular formula is C27H40Cl2N6O. The lowest BCUT2D eigenvalue weighted by Crippen LogP contribution is -2.58. The molecule has 3 rings (SSSR count).